The fraction of sp³-hybridized carbons (Fsp3) is 0.778. The first-order valence-electron chi connectivity index (χ1n) is 29.5. The minimum Gasteiger partial charge on any atom is -0.462 e. The van der Waals surface area contributed by atoms with E-state index in [0.29, 0.717) is 12.8 Å². The summed E-state index contributed by atoms with van der Waals surface area (Å²) >= 11 is 0. The van der Waals surface area contributed by atoms with Crippen molar-refractivity contribution < 1.29 is 24.2 Å². The highest BCUT2D eigenvalue weighted by Gasteiger charge is 2.16. The topological polar surface area (TPSA) is 72.8 Å². The summed E-state index contributed by atoms with van der Waals surface area (Å²) in [4.78, 5) is 24.5. The van der Waals surface area contributed by atoms with Crippen molar-refractivity contribution in [1.82, 2.24) is 0 Å². The highest BCUT2D eigenvalue weighted by Crippen LogP contribution is 2.16. The summed E-state index contributed by atoms with van der Waals surface area (Å²) in [6.07, 6.45) is 80.2. The Morgan fingerprint density at radius 3 is 0.882 bits per heavy atom. The number of esters is 2. The van der Waals surface area contributed by atoms with Crippen molar-refractivity contribution in [2.75, 3.05) is 13.2 Å². The third-order valence-corrected chi connectivity index (χ3v) is 13.0. The van der Waals surface area contributed by atoms with Gasteiger partial charge in [-0.3, -0.25) is 9.59 Å². The first-order chi connectivity index (χ1) is 33.6. The van der Waals surface area contributed by atoms with Crippen molar-refractivity contribution >= 4 is 11.9 Å². The van der Waals surface area contributed by atoms with Gasteiger partial charge in [-0.05, 0) is 89.9 Å². The first-order valence-corrected chi connectivity index (χ1v) is 29.5. The largest absolute Gasteiger partial charge is 0.462 e. The molecular formula is C63H112O5. The molecule has 68 heavy (non-hydrogen) atoms. The van der Waals surface area contributed by atoms with E-state index in [-0.39, 0.29) is 25.2 Å². The average molecular weight is 950 g/mol. The van der Waals surface area contributed by atoms with E-state index in [9.17, 15) is 14.7 Å². The molecular weight excluding hydrogens is 837 g/mol. The molecule has 0 saturated heterocycles. The number of unbranched alkanes of at least 4 members (excludes halogenated alkanes) is 34. The zero-order valence-electron chi connectivity index (χ0n) is 45.1. The van der Waals surface area contributed by atoms with Gasteiger partial charge in [-0.1, -0.05) is 267 Å². The summed E-state index contributed by atoms with van der Waals surface area (Å²) in [5.41, 5.74) is 0. The molecule has 0 aliphatic heterocycles. The molecule has 0 rings (SSSR count). The molecule has 5 heteroatoms. The van der Waals surface area contributed by atoms with Crippen molar-refractivity contribution in [3.63, 3.8) is 0 Å². The number of allylic oxidation sites excluding steroid dienone is 12. The minimum atomic E-state index is -0.779. The predicted octanol–water partition coefficient (Wildman–Crippen LogP) is 20.0. The molecule has 1 N–H and O–H groups in total. The van der Waals surface area contributed by atoms with E-state index in [4.69, 9.17) is 9.47 Å². The van der Waals surface area contributed by atoms with Crippen LogP contribution in [0.5, 0.6) is 0 Å². The Balaban J connectivity index is 3.49. The molecule has 5 nitrogen and oxygen atoms in total. The van der Waals surface area contributed by atoms with Crippen LogP contribution in [0.3, 0.4) is 0 Å². The maximum atomic E-state index is 12.3. The molecule has 0 fully saturated rings. The van der Waals surface area contributed by atoms with Crippen LogP contribution in [-0.2, 0) is 19.1 Å². The molecule has 0 heterocycles. The molecule has 1 atom stereocenters. The quantitative estimate of drug-likeness (QED) is 0.0374. The molecule has 0 aromatic heterocycles. The summed E-state index contributed by atoms with van der Waals surface area (Å²) in [6, 6.07) is 0. The number of ether oxygens (including phenoxy) is 2. The highest BCUT2D eigenvalue weighted by molar-refractivity contribution is 5.70. The zero-order chi connectivity index (χ0) is 49.2. The second-order valence-corrected chi connectivity index (χ2v) is 19.7. The summed E-state index contributed by atoms with van der Waals surface area (Å²) in [5, 5.41) is 9.66. The fourth-order valence-electron chi connectivity index (χ4n) is 8.51. The number of hydrogen-bond acceptors (Lipinski definition) is 5. The standard InChI is InChI=1S/C63H112O5/c1-3-5-7-9-11-13-15-17-19-21-23-25-27-28-29-30-31-32-33-34-36-38-40-42-44-46-48-50-52-54-56-58-63(66)68-61(59-64)60-67-62(65)57-55-53-51-49-47-45-43-41-39-37-35-26-24-22-20-18-16-14-12-10-8-6-4-2/h15-18,21-24,27-28,35,37,61,64H,3-14,19-20,25-26,29-34,36,38-60H2,1-2H3/b17-15-,18-16-,23-21-,24-22-,28-27-,37-35-. The van der Waals surface area contributed by atoms with Gasteiger partial charge in [0.05, 0.1) is 6.61 Å². The van der Waals surface area contributed by atoms with Crippen LogP contribution in [0.1, 0.15) is 296 Å². The van der Waals surface area contributed by atoms with Crippen LogP contribution in [0.2, 0.25) is 0 Å². The predicted molar refractivity (Wildman–Crippen MR) is 297 cm³/mol. The Labute approximate surface area is 423 Å². The van der Waals surface area contributed by atoms with Crippen molar-refractivity contribution in [2.45, 2.75) is 302 Å². The Bertz CT molecular complexity index is 1210. The van der Waals surface area contributed by atoms with Crippen molar-refractivity contribution in [2.24, 2.45) is 0 Å². The normalized spacial score (nSPS) is 12.7. The monoisotopic (exact) mass is 949 g/mol. The second-order valence-electron chi connectivity index (χ2n) is 19.7. The lowest BCUT2D eigenvalue weighted by molar-refractivity contribution is -0.161. The van der Waals surface area contributed by atoms with Gasteiger partial charge in [-0.15, -0.1) is 0 Å². The van der Waals surface area contributed by atoms with Crippen LogP contribution in [0.25, 0.3) is 0 Å². The van der Waals surface area contributed by atoms with Gasteiger partial charge < -0.3 is 14.6 Å². The van der Waals surface area contributed by atoms with Gasteiger partial charge in [0.2, 0.25) is 0 Å². The number of rotatable bonds is 54. The van der Waals surface area contributed by atoms with Gasteiger partial charge in [0, 0.05) is 12.8 Å². The SMILES string of the molecule is CCCCCCC/C=C\C/C=C\C/C=C\CCCCCCCCCCCCCCCCCCC(=O)OC(CO)COC(=O)CCCCCCCCCC/C=C\C/C=C\C/C=C\CCCCCCC. The van der Waals surface area contributed by atoms with Crippen LogP contribution >= 0.6 is 0 Å². The number of aliphatic hydroxyl groups is 1. The Morgan fingerprint density at radius 1 is 0.338 bits per heavy atom. The Kier molecular flexibility index (Phi) is 56.4. The van der Waals surface area contributed by atoms with E-state index in [2.05, 4.69) is 86.8 Å². The van der Waals surface area contributed by atoms with Crippen LogP contribution in [0.15, 0.2) is 72.9 Å². The molecule has 0 spiro atoms. The molecule has 0 aromatic carbocycles. The van der Waals surface area contributed by atoms with Crippen molar-refractivity contribution in [3.05, 3.63) is 72.9 Å². The fourth-order valence-corrected chi connectivity index (χ4v) is 8.51. The van der Waals surface area contributed by atoms with Crippen LogP contribution in [0.4, 0.5) is 0 Å². The van der Waals surface area contributed by atoms with Gasteiger partial charge >= 0.3 is 11.9 Å². The Morgan fingerprint density at radius 2 is 0.588 bits per heavy atom. The lowest BCUT2D eigenvalue weighted by atomic mass is 10.0. The molecule has 0 saturated carbocycles. The van der Waals surface area contributed by atoms with E-state index in [1.807, 2.05) is 0 Å². The lowest BCUT2D eigenvalue weighted by Crippen LogP contribution is -2.28. The molecule has 0 radical (unpaired) electrons. The molecule has 0 aliphatic rings. The summed E-state index contributed by atoms with van der Waals surface area (Å²) < 4.78 is 10.7. The van der Waals surface area contributed by atoms with Crippen molar-refractivity contribution in [3.8, 4) is 0 Å². The number of carbonyl (C=O) groups excluding carboxylic acids is 2. The van der Waals surface area contributed by atoms with E-state index in [1.54, 1.807) is 0 Å². The molecule has 394 valence electrons. The first kappa shape index (κ1) is 65.3. The Hall–Kier alpha value is -2.66. The smallest absolute Gasteiger partial charge is 0.306 e. The molecule has 0 bridgehead atoms. The maximum Gasteiger partial charge on any atom is 0.306 e. The number of aliphatic hydroxyl groups excluding tert-OH is 1. The van der Waals surface area contributed by atoms with E-state index in [0.717, 1.165) is 64.2 Å². The van der Waals surface area contributed by atoms with Gasteiger partial charge in [-0.2, -0.15) is 0 Å². The van der Waals surface area contributed by atoms with Gasteiger partial charge in [0.15, 0.2) is 6.10 Å². The van der Waals surface area contributed by atoms with Gasteiger partial charge in [-0.25, -0.2) is 0 Å². The summed E-state index contributed by atoms with van der Waals surface area (Å²) in [7, 11) is 0. The molecule has 0 aliphatic carbocycles. The molecule has 0 aromatic rings. The van der Waals surface area contributed by atoms with E-state index in [1.165, 1.54) is 205 Å². The molecule has 1 unspecified atom stereocenters. The van der Waals surface area contributed by atoms with Crippen LogP contribution in [-0.4, -0.2) is 36.4 Å². The zero-order valence-corrected chi connectivity index (χ0v) is 45.1. The summed E-state index contributed by atoms with van der Waals surface area (Å²) in [5.74, 6) is -0.591. The minimum absolute atomic E-state index is 0.0703. The number of carbonyl (C=O) groups is 2. The lowest BCUT2D eigenvalue weighted by Gasteiger charge is -2.15. The third kappa shape index (κ3) is 55.9. The van der Waals surface area contributed by atoms with Crippen molar-refractivity contribution in [1.29, 1.82) is 0 Å². The van der Waals surface area contributed by atoms with Gasteiger partial charge in [0.25, 0.3) is 0 Å². The average Bonchev–Trinajstić information content (AvgIpc) is 3.34. The third-order valence-electron chi connectivity index (χ3n) is 13.0. The van der Waals surface area contributed by atoms with Crippen LogP contribution in [0, 0.1) is 0 Å². The number of hydrogen-bond donors (Lipinski definition) is 1. The highest BCUT2D eigenvalue weighted by atomic mass is 16.6. The van der Waals surface area contributed by atoms with Crippen LogP contribution < -0.4 is 0 Å². The molecule has 0 amide bonds. The van der Waals surface area contributed by atoms with E-state index < -0.39 is 6.10 Å². The summed E-state index contributed by atoms with van der Waals surface area (Å²) in [6.45, 7) is 4.14. The second kappa shape index (κ2) is 58.7. The maximum absolute atomic E-state index is 12.3. The van der Waals surface area contributed by atoms with Gasteiger partial charge in [0.1, 0.15) is 6.61 Å². The van der Waals surface area contributed by atoms with E-state index >= 15 is 0 Å².